The first-order valence-electron chi connectivity index (χ1n) is 9.62. The van der Waals surface area contributed by atoms with Gasteiger partial charge in [-0.25, -0.2) is 4.98 Å². The van der Waals surface area contributed by atoms with E-state index in [-0.39, 0.29) is 41.3 Å². The molecule has 0 unspecified atom stereocenters. The molecule has 2 aliphatic heterocycles. The lowest BCUT2D eigenvalue weighted by atomic mass is 9.88. The van der Waals surface area contributed by atoms with Gasteiger partial charge in [0.05, 0.1) is 11.5 Å². The molecule has 3 rings (SSSR count). The number of aromatic nitrogens is 1. The van der Waals surface area contributed by atoms with Crippen molar-refractivity contribution in [3.8, 4) is 0 Å². The molecule has 2 N–H and O–H groups in total. The maximum Gasteiger partial charge on any atom is 0.227 e. The van der Waals surface area contributed by atoms with Gasteiger partial charge in [-0.05, 0) is 45.2 Å². The third-order valence-corrected chi connectivity index (χ3v) is 5.63. The van der Waals surface area contributed by atoms with Gasteiger partial charge in [0.25, 0.3) is 0 Å². The van der Waals surface area contributed by atoms with E-state index in [1.807, 2.05) is 25.7 Å². The average Bonchev–Trinajstić information content (AvgIpc) is 3.04. The fourth-order valence-corrected chi connectivity index (χ4v) is 4.01. The van der Waals surface area contributed by atoms with E-state index in [0.29, 0.717) is 44.5 Å². The second-order valence-electron chi connectivity index (χ2n) is 7.95. The number of nitrogens with zero attached hydrogens (tertiary/aromatic N) is 3. The average molecular weight is 372 g/mol. The predicted octanol–water partition coefficient (Wildman–Crippen LogP) is 1.65. The minimum Gasteiger partial charge on any atom is -0.383 e. The van der Waals surface area contributed by atoms with Crippen molar-refractivity contribution >= 4 is 23.4 Å². The summed E-state index contributed by atoms with van der Waals surface area (Å²) < 4.78 is 0. The van der Waals surface area contributed by atoms with E-state index in [4.69, 9.17) is 5.73 Å². The minimum atomic E-state index is -0.260. The first-order valence-corrected chi connectivity index (χ1v) is 9.62. The number of ketones is 1. The first-order chi connectivity index (χ1) is 12.8. The van der Waals surface area contributed by atoms with E-state index >= 15 is 0 Å². The van der Waals surface area contributed by atoms with Crippen LogP contribution in [0.1, 0.15) is 49.0 Å². The Hall–Kier alpha value is -2.44. The molecule has 0 bridgehead atoms. The Bertz CT molecular complexity index is 754. The van der Waals surface area contributed by atoms with Crippen LogP contribution in [-0.2, 0) is 9.59 Å². The van der Waals surface area contributed by atoms with Gasteiger partial charge in [-0.1, -0.05) is 0 Å². The summed E-state index contributed by atoms with van der Waals surface area (Å²) in [5.41, 5.74) is 7.26. The molecule has 2 amide bonds. The number of nitrogen functional groups attached to an aromatic ring is 1. The van der Waals surface area contributed by atoms with Crippen molar-refractivity contribution in [3.05, 3.63) is 23.4 Å². The van der Waals surface area contributed by atoms with Gasteiger partial charge in [-0.2, -0.15) is 0 Å². The molecule has 0 spiro atoms. The van der Waals surface area contributed by atoms with Gasteiger partial charge in [0, 0.05) is 44.2 Å². The lowest BCUT2D eigenvalue weighted by Crippen LogP contribution is -2.44. The second-order valence-corrected chi connectivity index (χ2v) is 7.95. The monoisotopic (exact) mass is 372 g/mol. The van der Waals surface area contributed by atoms with Gasteiger partial charge >= 0.3 is 0 Å². The highest BCUT2D eigenvalue weighted by atomic mass is 16.2. The minimum absolute atomic E-state index is 0.0119. The summed E-state index contributed by atoms with van der Waals surface area (Å²) in [4.78, 5) is 45.3. The summed E-state index contributed by atoms with van der Waals surface area (Å²) in [5.74, 6) is -0.0359. The fraction of sp³-hybridized carbons (Fsp3) is 0.600. The molecule has 27 heavy (non-hydrogen) atoms. The number of Topliss-reactive ketones (excluding diaryl/α,β-unsaturated/α-hetero) is 1. The molecule has 0 radical (unpaired) electrons. The summed E-state index contributed by atoms with van der Waals surface area (Å²) in [6, 6.07) is 1.90. The largest absolute Gasteiger partial charge is 0.383 e. The van der Waals surface area contributed by atoms with Gasteiger partial charge < -0.3 is 15.5 Å². The molecular formula is C20H28N4O3. The molecule has 0 saturated carbocycles. The molecule has 146 valence electrons. The van der Waals surface area contributed by atoms with Gasteiger partial charge in [-0.3, -0.25) is 14.4 Å². The van der Waals surface area contributed by atoms with Gasteiger partial charge in [0.2, 0.25) is 11.8 Å². The van der Waals surface area contributed by atoms with Crippen LogP contribution in [0.25, 0.3) is 0 Å². The number of rotatable bonds is 4. The van der Waals surface area contributed by atoms with E-state index in [0.717, 1.165) is 5.56 Å². The van der Waals surface area contributed by atoms with E-state index in [1.165, 1.54) is 0 Å². The zero-order chi connectivity index (χ0) is 19.7. The van der Waals surface area contributed by atoms with Crippen LogP contribution in [0.4, 0.5) is 5.82 Å². The van der Waals surface area contributed by atoms with E-state index < -0.39 is 0 Å². The van der Waals surface area contributed by atoms with Crippen molar-refractivity contribution in [1.29, 1.82) is 0 Å². The van der Waals surface area contributed by atoms with E-state index in [1.54, 1.807) is 17.2 Å². The van der Waals surface area contributed by atoms with Crippen LogP contribution >= 0.6 is 0 Å². The molecule has 7 heteroatoms. The molecule has 2 saturated heterocycles. The second kappa shape index (κ2) is 7.66. The van der Waals surface area contributed by atoms with Crippen molar-refractivity contribution in [3.63, 3.8) is 0 Å². The zero-order valence-electron chi connectivity index (χ0n) is 16.3. The number of likely N-dealkylation sites (tertiary alicyclic amines) is 2. The third kappa shape index (κ3) is 3.96. The molecule has 0 aliphatic carbocycles. The van der Waals surface area contributed by atoms with Crippen LogP contribution in [0.3, 0.4) is 0 Å². The number of anilines is 1. The number of piperidine rings is 1. The number of pyridine rings is 1. The van der Waals surface area contributed by atoms with Crippen LogP contribution in [-0.4, -0.2) is 58.1 Å². The highest BCUT2D eigenvalue weighted by Gasteiger charge is 2.39. The first kappa shape index (κ1) is 19.3. The smallest absolute Gasteiger partial charge is 0.227 e. The van der Waals surface area contributed by atoms with Crippen molar-refractivity contribution in [1.82, 2.24) is 14.8 Å². The Kier molecular flexibility index (Phi) is 5.48. The maximum atomic E-state index is 12.8. The predicted molar refractivity (Wildman–Crippen MR) is 102 cm³/mol. The zero-order valence-corrected chi connectivity index (χ0v) is 16.3. The number of hydrogen-bond donors (Lipinski definition) is 1. The van der Waals surface area contributed by atoms with Crippen LogP contribution in [0, 0.1) is 18.8 Å². The van der Waals surface area contributed by atoms with Crippen molar-refractivity contribution in [2.75, 3.05) is 25.4 Å². The number of nitrogens with two attached hydrogens (primary N) is 1. The number of hydrogen-bond acceptors (Lipinski definition) is 5. The number of carbonyl (C=O) groups is 3. The third-order valence-electron chi connectivity index (χ3n) is 5.63. The van der Waals surface area contributed by atoms with Crippen molar-refractivity contribution < 1.29 is 14.4 Å². The highest BCUT2D eigenvalue weighted by Crippen LogP contribution is 2.27. The maximum absolute atomic E-state index is 12.8. The van der Waals surface area contributed by atoms with Crippen LogP contribution < -0.4 is 5.73 Å². The topological polar surface area (TPSA) is 96.6 Å². The van der Waals surface area contributed by atoms with Gasteiger partial charge in [0.1, 0.15) is 5.82 Å². The standard InChI is InChI=1S/C20H28N4O3/c1-12(2)24-11-15(9-17(24)25)20(27)23-6-4-14(5-7-23)18(26)16-8-13(3)10-22-19(16)21/h8,10,12,14-15H,4-7,9,11H2,1-3H3,(H2,21,22)/t15-/m0/s1. The summed E-state index contributed by atoms with van der Waals surface area (Å²) in [6.45, 7) is 7.40. The van der Waals surface area contributed by atoms with E-state index in [2.05, 4.69) is 4.98 Å². The molecule has 7 nitrogen and oxygen atoms in total. The normalized spacial score (nSPS) is 21.2. The Morgan fingerprint density at radius 1 is 1.22 bits per heavy atom. The molecule has 0 aromatic carbocycles. The lowest BCUT2D eigenvalue weighted by Gasteiger charge is -2.33. The quantitative estimate of drug-likeness (QED) is 0.811. The lowest BCUT2D eigenvalue weighted by molar-refractivity contribution is -0.137. The van der Waals surface area contributed by atoms with Gasteiger partial charge in [0.15, 0.2) is 5.78 Å². The van der Waals surface area contributed by atoms with Crippen LogP contribution in [0.15, 0.2) is 12.3 Å². The van der Waals surface area contributed by atoms with Crippen molar-refractivity contribution in [2.45, 2.75) is 46.1 Å². The summed E-state index contributed by atoms with van der Waals surface area (Å²) >= 11 is 0. The molecule has 1 atom stereocenters. The van der Waals surface area contributed by atoms with Crippen LogP contribution in [0.2, 0.25) is 0 Å². The Morgan fingerprint density at radius 3 is 2.48 bits per heavy atom. The molecule has 3 heterocycles. The number of aryl methyl sites for hydroxylation is 1. The van der Waals surface area contributed by atoms with Crippen LogP contribution in [0.5, 0.6) is 0 Å². The summed E-state index contributed by atoms with van der Waals surface area (Å²) in [7, 11) is 0. The highest BCUT2D eigenvalue weighted by molar-refractivity contribution is 6.01. The Balaban J connectivity index is 1.59. The summed E-state index contributed by atoms with van der Waals surface area (Å²) in [6.07, 6.45) is 3.18. The molecule has 2 aliphatic rings. The Labute approximate surface area is 159 Å². The van der Waals surface area contributed by atoms with Crippen molar-refractivity contribution in [2.24, 2.45) is 11.8 Å². The van der Waals surface area contributed by atoms with Gasteiger partial charge in [-0.15, -0.1) is 0 Å². The molecular weight excluding hydrogens is 344 g/mol. The number of carbonyl (C=O) groups excluding carboxylic acids is 3. The molecule has 1 aromatic heterocycles. The molecule has 1 aromatic rings. The molecule has 2 fully saturated rings. The Morgan fingerprint density at radius 2 is 1.89 bits per heavy atom. The number of amides is 2. The fourth-order valence-electron chi connectivity index (χ4n) is 4.01. The SMILES string of the molecule is Cc1cnc(N)c(C(=O)C2CCN(C(=O)[C@H]3CC(=O)N(C(C)C)C3)CC2)c1. The van der Waals surface area contributed by atoms with E-state index in [9.17, 15) is 14.4 Å². The summed E-state index contributed by atoms with van der Waals surface area (Å²) in [5, 5.41) is 0.